The van der Waals surface area contributed by atoms with Crippen molar-refractivity contribution in [3.05, 3.63) is 30.3 Å². The third kappa shape index (κ3) is 6.04. The Morgan fingerprint density at radius 3 is 2.46 bits per heavy atom. The van der Waals surface area contributed by atoms with Crippen LogP contribution < -0.4 is 10.5 Å². The van der Waals surface area contributed by atoms with E-state index in [9.17, 15) is 4.79 Å². The molecular formula is C19H30N2O3. The third-order valence-electron chi connectivity index (χ3n) is 4.26. The molecule has 0 aliphatic carbocycles. The Hall–Kier alpha value is -1.75. The average Bonchev–Trinajstić information content (AvgIpc) is 2.54. The Labute approximate surface area is 145 Å². The second-order valence-electron chi connectivity index (χ2n) is 7.42. The van der Waals surface area contributed by atoms with Crippen molar-refractivity contribution in [1.29, 1.82) is 0 Å². The van der Waals surface area contributed by atoms with Crippen LogP contribution in [0.5, 0.6) is 5.75 Å². The minimum atomic E-state index is -0.445. The maximum Gasteiger partial charge on any atom is 0.410 e. The molecule has 1 aromatic rings. The van der Waals surface area contributed by atoms with Crippen LogP contribution in [0.15, 0.2) is 30.3 Å². The minimum Gasteiger partial charge on any atom is -0.494 e. The van der Waals surface area contributed by atoms with E-state index >= 15 is 0 Å². The van der Waals surface area contributed by atoms with Gasteiger partial charge >= 0.3 is 6.09 Å². The Balaban J connectivity index is 1.68. The van der Waals surface area contributed by atoms with Gasteiger partial charge in [-0.1, -0.05) is 18.2 Å². The van der Waals surface area contributed by atoms with Gasteiger partial charge in [0.25, 0.3) is 0 Å². The highest BCUT2D eigenvalue weighted by atomic mass is 16.6. The summed E-state index contributed by atoms with van der Waals surface area (Å²) in [4.78, 5) is 13.9. The van der Waals surface area contributed by atoms with Crippen LogP contribution in [0.1, 0.15) is 40.0 Å². The molecule has 2 N–H and O–H groups in total. The molecule has 134 valence electrons. The summed E-state index contributed by atoms with van der Waals surface area (Å²) in [6.45, 7) is 7.72. The topological polar surface area (TPSA) is 64.8 Å². The number of carbonyl (C=O) groups is 1. The first-order valence-corrected chi connectivity index (χ1v) is 8.76. The molecule has 0 spiro atoms. The first kappa shape index (κ1) is 18.6. The van der Waals surface area contributed by atoms with Crippen LogP contribution in [0.2, 0.25) is 0 Å². The molecule has 2 rings (SSSR count). The lowest BCUT2D eigenvalue weighted by molar-refractivity contribution is 0.0171. The van der Waals surface area contributed by atoms with E-state index in [0.29, 0.717) is 25.6 Å². The third-order valence-corrected chi connectivity index (χ3v) is 4.26. The van der Waals surface area contributed by atoms with Gasteiger partial charge in [-0.3, -0.25) is 0 Å². The molecule has 1 unspecified atom stereocenters. The van der Waals surface area contributed by atoms with E-state index in [0.717, 1.165) is 25.0 Å². The zero-order valence-electron chi connectivity index (χ0n) is 15.0. The molecule has 1 heterocycles. The fourth-order valence-electron chi connectivity index (χ4n) is 2.90. The van der Waals surface area contributed by atoms with Crippen LogP contribution in [-0.4, -0.2) is 42.3 Å². The second kappa shape index (κ2) is 8.38. The summed E-state index contributed by atoms with van der Waals surface area (Å²) >= 11 is 0. The molecule has 1 aromatic carbocycles. The monoisotopic (exact) mass is 334 g/mol. The van der Waals surface area contributed by atoms with Crippen LogP contribution in [0.25, 0.3) is 0 Å². The Morgan fingerprint density at radius 2 is 1.88 bits per heavy atom. The van der Waals surface area contributed by atoms with Crippen molar-refractivity contribution in [3.63, 3.8) is 0 Å². The van der Waals surface area contributed by atoms with Gasteiger partial charge in [-0.05, 0) is 58.1 Å². The molecule has 0 bridgehead atoms. The number of amides is 1. The van der Waals surface area contributed by atoms with E-state index in [1.165, 1.54) is 0 Å². The summed E-state index contributed by atoms with van der Waals surface area (Å²) in [5.41, 5.74) is 5.88. The number of nitrogens with two attached hydrogens (primary N) is 1. The van der Waals surface area contributed by atoms with Crippen LogP contribution in [-0.2, 0) is 4.74 Å². The Morgan fingerprint density at radius 1 is 1.25 bits per heavy atom. The maximum atomic E-state index is 12.1. The molecule has 1 amide bonds. The Kier molecular flexibility index (Phi) is 6.49. The minimum absolute atomic E-state index is 0.106. The largest absolute Gasteiger partial charge is 0.494 e. The van der Waals surface area contributed by atoms with Gasteiger partial charge in [0.1, 0.15) is 11.4 Å². The quantitative estimate of drug-likeness (QED) is 0.896. The van der Waals surface area contributed by atoms with Gasteiger partial charge < -0.3 is 20.1 Å². The molecule has 5 heteroatoms. The number of ether oxygens (including phenoxy) is 2. The number of hydrogen-bond donors (Lipinski definition) is 1. The fourth-order valence-corrected chi connectivity index (χ4v) is 2.90. The van der Waals surface area contributed by atoms with Gasteiger partial charge in [-0.25, -0.2) is 4.79 Å². The highest BCUT2D eigenvalue weighted by Gasteiger charge is 2.29. The number of para-hydroxylation sites is 1. The predicted molar refractivity (Wildman–Crippen MR) is 95.1 cm³/mol. The number of hydrogen-bond acceptors (Lipinski definition) is 4. The van der Waals surface area contributed by atoms with Crippen LogP contribution in [0.3, 0.4) is 0 Å². The smallest absolute Gasteiger partial charge is 0.410 e. The standard InChI is InChI=1S/C19H30N2O3/c1-19(2,3)24-18(22)21-12-9-15(10-13-21)17(20)11-14-23-16-7-5-4-6-8-16/h4-8,15,17H,9-14,20H2,1-3H3. The number of benzene rings is 1. The molecule has 0 aromatic heterocycles. The van der Waals surface area contributed by atoms with Gasteiger partial charge in [0.05, 0.1) is 6.61 Å². The second-order valence-corrected chi connectivity index (χ2v) is 7.42. The predicted octanol–water partition coefficient (Wildman–Crippen LogP) is 3.43. The summed E-state index contributed by atoms with van der Waals surface area (Å²) in [6.07, 6.45) is 2.45. The maximum absolute atomic E-state index is 12.1. The van der Waals surface area contributed by atoms with Crippen LogP contribution in [0, 0.1) is 5.92 Å². The van der Waals surface area contributed by atoms with E-state index in [2.05, 4.69) is 0 Å². The highest BCUT2D eigenvalue weighted by molar-refractivity contribution is 5.68. The van der Waals surface area contributed by atoms with E-state index in [4.69, 9.17) is 15.2 Å². The normalized spacial score (nSPS) is 17.4. The first-order chi connectivity index (χ1) is 11.3. The molecule has 0 saturated carbocycles. The van der Waals surface area contributed by atoms with Gasteiger partial charge in [0.15, 0.2) is 0 Å². The van der Waals surface area contributed by atoms with Gasteiger partial charge in [-0.15, -0.1) is 0 Å². The van der Waals surface area contributed by atoms with Crippen LogP contribution >= 0.6 is 0 Å². The summed E-state index contributed by atoms with van der Waals surface area (Å²) in [6, 6.07) is 9.89. The molecule has 1 fully saturated rings. The van der Waals surface area contributed by atoms with Crippen LogP contribution in [0.4, 0.5) is 4.79 Å². The number of likely N-dealkylation sites (tertiary alicyclic amines) is 1. The van der Waals surface area contributed by atoms with Crippen molar-refractivity contribution in [3.8, 4) is 5.75 Å². The first-order valence-electron chi connectivity index (χ1n) is 8.76. The molecule has 1 atom stereocenters. The SMILES string of the molecule is CC(C)(C)OC(=O)N1CCC(C(N)CCOc2ccccc2)CC1. The van der Waals surface area contributed by atoms with Crippen molar-refractivity contribution in [2.24, 2.45) is 11.7 Å². The van der Waals surface area contributed by atoms with Crippen molar-refractivity contribution >= 4 is 6.09 Å². The number of nitrogens with zero attached hydrogens (tertiary/aromatic N) is 1. The van der Waals surface area contributed by atoms with Gasteiger partial charge in [-0.2, -0.15) is 0 Å². The zero-order chi connectivity index (χ0) is 17.6. The zero-order valence-corrected chi connectivity index (χ0v) is 15.0. The lowest BCUT2D eigenvalue weighted by Crippen LogP contribution is -2.45. The summed E-state index contributed by atoms with van der Waals surface area (Å²) in [7, 11) is 0. The average molecular weight is 334 g/mol. The van der Waals surface area contributed by atoms with Crippen molar-refractivity contribution in [1.82, 2.24) is 4.90 Å². The molecule has 1 saturated heterocycles. The molecule has 5 nitrogen and oxygen atoms in total. The fraction of sp³-hybridized carbons (Fsp3) is 0.632. The van der Waals surface area contributed by atoms with E-state index < -0.39 is 5.60 Å². The molecule has 0 radical (unpaired) electrons. The van der Waals surface area contributed by atoms with E-state index in [-0.39, 0.29) is 12.1 Å². The summed E-state index contributed by atoms with van der Waals surface area (Å²) in [5, 5.41) is 0. The van der Waals surface area contributed by atoms with E-state index in [1.807, 2.05) is 51.1 Å². The molecule has 1 aliphatic rings. The van der Waals surface area contributed by atoms with Gasteiger partial charge in [0, 0.05) is 19.1 Å². The lowest BCUT2D eigenvalue weighted by Gasteiger charge is -2.35. The van der Waals surface area contributed by atoms with Crippen molar-refractivity contribution < 1.29 is 14.3 Å². The lowest BCUT2D eigenvalue weighted by atomic mass is 9.88. The summed E-state index contributed by atoms with van der Waals surface area (Å²) in [5.74, 6) is 1.31. The number of rotatable bonds is 5. The van der Waals surface area contributed by atoms with Crippen molar-refractivity contribution in [2.75, 3.05) is 19.7 Å². The van der Waals surface area contributed by atoms with E-state index in [1.54, 1.807) is 4.90 Å². The number of piperidine rings is 1. The molecular weight excluding hydrogens is 304 g/mol. The molecule has 1 aliphatic heterocycles. The molecule has 24 heavy (non-hydrogen) atoms. The highest BCUT2D eigenvalue weighted by Crippen LogP contribution is 2.23. The van der Waals surface area contributed by atoms with Crippen molar-refractivity contribution in [2.45, 2.75) is 51.7 Å². The van der Waals surface area contributed by atoms with Gasteiger partial charge in [0.2, 0.25) is 0 Å². The number of carbonyl (C=O) groups excluding carboxylic acids is 1. The summed E-state index contributed by atoms with van der Waals surface area (Å²) < 4.78 is 11.1. The Bertz CT molecular complexity index is 505.